The van der Waals surface area contributed by atoms with Crippen molar-refractivity contribution in [2.75, 3.05) is 26.7 Å². The lowest BCUT2D eigenvalue weighted by atomic mass is 9.99. The molecule has 3 amide bonds. The number of nitrogens with one attached hydrogen (secondary N) is 1. The van der Waals surface area contributed by atoms with Crippen molar-refractivity contribution >= 4 is 29.1 Å². The van der Waals surface area contributed by atoms with Crippen LogP contribution in [0, 0.1) is 0 Å². The summed E-state index contributed by atoms with van der Waals surface area (Å²) in [6.07, 6.45) is 3.17. The Morgan fingerprint density at radius 2 is 1.88 bits per heavy atom. The zero-order valence-corrected chi connectivity index (χ0v) is 18.9. The largest absolute Gasteiger partial charge is 0.494 e. The van der Waals surface area contributed by atoms with Crippen molar-refractivity contribution in [1.29, 1.82) is 0 Å². The van der Waals surface area contributed by atoms with Crippen LogP contribution in [0.3, 0.4) is 0 Å². The predicted molar refractivity (Wildman–Crippen MR) is 123 cm³/mol. The minimum absolute atomic E-state index is 0.0754. The summed E-state index contributed by atoms with van der Waals surface area (Å²) in [5.74, 6) is 3.47. The number of ketones is 1. The van der Waals surface area contributed by atoms with Crippen molar-refractivity contribution in [3.8, 4) is 5.75 Å². The Labute approximate surface area is 196 Å². The Hall–Kier alpha value is -4.05. The number of Topliss-reactive ketones (excluding diaryl/α,β-unsaturated/α-hetero) is 1. The number of ether oxygens (including phenoxy) is 1. The molecule has 1 unspecified atom stereocenters. The number of hydrogen-bond acceptors (Lipinski definition) is 7. The molecule has 10 nitrogen and oxygen atoms in total. The van der Waals surface area contributed by atoms with E-state index in [1.807, 2.05) is 18.4 Å². The molecule has 176 valence electrons. The van der Waals surface area contributed by atoms with Crippen LogP contribution in [0.5, 0.6) is 5.75 Å². The summed E-state index contributed by atoms with van der Waals surface area (Å²) in [4.78, 5) is 58.6. The van der Waals surface area contributed by atoms with E-state index in [2.05, 4.69) is 4.98 Å². The number of carbonyl (C=O) groups is 4. The quantitative estimate of drug-likeness (QED) is 0.287. The van der Waals surface area contributed by atoms with Crippen molar-refractivity contribution in [2.45, 2.75) is 19.4 Å². The first kappa shape index (κ1) is 23.1. The van der Waals surface area contributed by atoms with E-state index < -0.39 is 17.6 Å². The number of benzene rings is 1. The second-order valence-electron chi connectivity index (χ2n) is 8.12. The molecular formula is C24H25N5O5. The lowest BCUT2D eigenvalue weighted by molar-refractivity contribution is -0.143. The lowest BCUT2D eigenvalue weighted by Crippen LogP contribution is -2.56. The molecular weight excluding hydrogens is 438 g/mol. The number of aromatic nitrogens is 1. The van der Waals surface area contributed by atoms with Gasteiger partial charge in [-0.1, -0.05) is 24.3 Å². The molecule has 0 saturated carbocycles. The molecule has 0 radical (unpaired) electrons. The van der Waals surface area contributed by atoms with Gasteiger partial charge in [0, 0.05) is 42.4 Å². The summed E-state index contributed by atoms with van der Waals surface area (Å²) in [6, 6.07) is 8.69. The van der Waals surface area contributed by atoms with Gasteiger partial charge in [-0.2, -0.15) is 0 Å². The van der Waals surface area contributed by atoms with Crippen LogP contribution in [0.4, 0.5) is 0 Å². The van der Waals surface area contributed by atoms with Crippen molar-refractivity contribution in [1.82, 2.24) is 20.2 Å². The Kier molecular flexibility index (Phi) is 6.42. The maximum atomic E-state index is 13.2. The number of rotatable bonds is 5. The van der Waals surface area contributed by atoms with Gasteiger partial charge in [-0.05, 0) is 31.0 Å². The number of nitrogen functional groups attached to an aromatic ring is 1. The fourth-order valence-electron chi connectivity index (χ4n) is 4.41. The Morgan fingerprint density at radius 3 is 2.53 bits per heavy atom. The minimum Gasteiger partial charge on any atom is -0.494 e. The lowest BCUT2D eigenvalue weighted by Gasteiger charge is -2.39. The number of fused-ring (bicyclic) bond motifs is 1. The normalized spacial score (nSPS) is 17.0. The summed E-state index contributed by atoms with van der Waals surface area (Å²) in [5.41, 5.74) is 3.71. The first-order chi connectivity index (χ1) is 16.4. The molecule has 2 heterocycles. The van der Waals surface area contributed by atoms with Crippen molar-refractivity contribution in [3.63, 3.8) is 0 Å². The van der Waals surface area contributed by atoms with E-state index in [-0.39, 0.29) is 42.7 Å². The number of piperazine rings is 1. The van der Waals surface area contributed by atoms with Gasteiger partial charge in [-0.3, -0.25) is 24.6 Å². The van der Waals surface area contributed by atoms with Gasteiger partial charge in [0.1, 0.15) is 11.4 Å². The smallest absolute Gasteiger partial charge is 0.295 e. The monoisotopic (exact) mass is 463 g/mol. The van der Waals surface area contributed by atoms with Gasteiger partial charge in [0.05, 0.1) is 13.3 Å². The van der Waals surface area contributed by atoms with Gasteiger partial charge in [0.25, 0.3) is 23.5 Å². The predicted octanol–water partition coefficient (Wildman–Crippen LogP) is 0.575. The van der Waals surface area contributed by atoms with Crippen molar-refractivity contribution < 1.29 is 23.9 Å². The van der Waals surface area contributed by atoms with E-state index in [0.717, 1.165) is 0 Å². The third kappa shape index (κ3) is 4.03. The van der Waals surface area contributed by atoms with Crippen LogP contribution in [-0.4, -0.2) is 71.1 Å². The highest BCUT2D eigenvalue weighted by Gasteiger charge is 2.37. The molecule has 0 spiro atoms. The van der Waals surface area contributed by atoms with E-state index >= 15 is 0 Å². The molecule has 1 fully saturated rings. The molecule has 1 aliphatic heterocycles. The molecule has 34 heavy (non-hydrogen) atoms. The number of nitrogens with two attached hydrogens (primary N) is 1. The van der Waals surface area contributed by atoms with Gasteiger partial charge in [-0.25, -0.2) is 10.8 Å². The average molecular weight is 463 g/mol. The van der Waals surface area contributed by atoms with Crippen molar-refractivity contribution in [2.24, 2.45) is 5.84 Å². The van der Waals surface area contributed by atoms with Crippen LogP contribution in [0.2, 0.25) is 0 Å². The van der Waals surface area contributed by atoms with Gasteiger partial charge >= 0.3 is 0 Å². The second-order valence-corrected chi connectivity index (χ2v) is 8.12. The van der Waals surface area contributed by atoms with Crippen LogP contribution in [0.25, 0.3) is 5.57 Å². The van der Waals surface area contributed by atoms with E-state index in [1.54, 1.807) is 35.2 Å². The maximum Gasteiger partial charge on any atom is 0.295 e. The standard InChI is InChI=1S/C24H25N5O5/c1-14-13-28(10-11-29(14)23(32)15-6-4-3-5-7-15)24(33)21(30)17-9-8-16-19(17)18(34-2)12-26-20(16)22(31)27-25/h3-7,9,12,14H,8,10-11,13,25H2,1-2H3,(H,27,31). The number of amides is 3. The number of pyridine rings is 1. The number of allylic oxidation sites excluding steroid dienone is 1. The average Bonchev–Trinajstić information content (AvgIpc) is 3.32. The van der Waals surface area contributed by atoms with Crippen molar-refractivity contribution in [3.05, 3.63) is 65.0 Å². The first-order valence-electron chi connectivity index (χ1n) is 10.8. The molecule has 1 aromatic carbocycles. The number of hydrogen-bond donors (Lipinski definition) is 2. The highest BCUT2D eigenvalue weighted by molar-refractivity contribution is 6.54. The molecule has 10 heteroatoms. The van der Waals surface area contributed by atoms with E-state index in [1.165, 1.54) is 18.2 Å². The van der Waals surface area contributed by atoms with Gasteiger partial charge in [-0.15, -0.1) is 0 Å². The van der Waals surface area contributed by atoms with Gasteiger partial charge in [0.2, 0.25) is 0 Å². The number of hydrazine groups is 1. The van der Waals surface area contributed by atoms with Crippen LogP contribution >= 0.6 is 0 Å². The zero-order chi connectivity index (χ0) is 24.4. The number of nitrogens with zero attached hydrogens (tertiary/aromatic N) is 3. The van der Waals surface area contributed by atoms with Crippen LogP contribution in [-0.2, 0) is 16.0 Å². The summed E-state index contributed by atoms with van der Waals surface area (Å²) >= 11 is 0. The number of carbonyl (C=O) groups excluding carboxylic acids is 4. The fraction of sp³-hybridized carbons (Fsp3) is 0.292. The Morgan fingerprint density at radius 1 is 1.15 bits per heavy atom. The Bertz CT molecular complexity index is 1190. The molecule has 1 aliphatic carbocycles. The van der Waals surface area contributed by atoms with Gasteiger partial charge < -0.3 is 14.5 Å². The third-order valence-corrected chi connectivity index (χ3v) is 6.13. The highest BCUT2D eigenvalue weighted by Crippen LogP contribution is 2.37. The zero-order valence-electron chi connectivity index (χ0n) is 18.9. The molecule has 3 N–H and O–H groups in total. The first-order valence-corrected chi connectivity index (χ1v) is 10.8. The molecule has 1 aromatic heterocycles. The second kappa shape index (κ2) is 9.44. The maximum absolute atomic E-state index is 13.2. The third-order valence-electron chi connectivity index (χ3n) is 6.13. The van der Waals surface area contributed by atoms with Crippen LogP contribution in [0.15, 0.2) is 42.6 Å². The molecule has 0 bridgehead atoms. The fourth-order valence-corrected chi connectivity index (χ4v) is 4.41. The topological polar surface area (TPSA) is 135 Å². The summed E-state index contributed by atoms with van der Waals surface area (Å²) in [7, 11) is 1.42. The molecule has 1 saturated heterocycles. The number of methoxy groups -OCH3 is 1. The summed E-state index contributed by atoms with van der Waals surface area (Å²) < 4.78 is 5.34. The van der Waals surface area contributed by atoms with Crippen LogP contribution in [0.1, 0.15) is 38.9 Å². The van der Waals surface area contributed by atoms with Crippen LogP contribution < -0.4 is 16.0 Å². The molecule has 1 atom stereocenters. The van der Waals surface area contributed by atoms with E-state index in [4.69, 9.17) is 10.6 Å². The summed E-state index contributed by atoms with van der Waals surface area (Å²) in [6.45, 7) is 2.64. The van der Waals surface area contributed by atoms with Gasteiger partial charge in [0.15, 0.2) is 0 Å². The molecule has 2 aliphatic rings. The molecule has 2 aromatic rings. The minimum atomic E-state index is -0.697. The summed E-state index contributed by atoms with van der Waals surface area (Å²) in [5, 5.41) is 0. The Balaban J connectivity index is 1.51. The van der Waals surface area contributed by atoms with E-state index in [9.17, 15) is 19.2 Å². The van der Waals surface area contributed by atoms with E-state index in [0.29, 0.717) is 29.0 Å². The molecule has 4 rings (SSSR count). The SMILES string of the molecule is COc1cnc(C(=O)NN)c2c1C(C(=O)C(=O)N1CCN(C(=O)c3ccccc3)C(C)C1)=CC2. The highest BCUT2D eigenvalue weighted by atomic mass is 16.5.